The third-order valence-electron chi connectivity index (χ3n) is 2.82. The van der Waals surface area contributed by atoms with E-state index in [1.165, 1.54) is 11.3 Å². The minimum absolute atomic E-state index is 0.107. The monoisotopic (exact) mass is 303 g/mol. The fourth-order valence-electron chi connectivity index (χ4n) is 1.83. The van der Waals surface area contributed by atoms with E-state index in [1.807, 2.05) is 29.6 Å². The van der Waals surface area contributed by atoms with Crippen molar-refractivity contribution in [3.8, 4) is 11.3 Å². The third kappa shape index (κ3) is 4.57. The molecule has 1 aromatic carbocycles. The van der Waals surface area contributed by atoms with E-state index in [-0.39, 0.29) is 18.3 Å². The Balaban J connectivity index is 2.03. The molecule has 0 fully saturated rings. The molecule has 0 atom stereocenters. The molecule has 0 aliphatic rings. The van der Waals surface area contributed by atoms with Crippen LogP contribution in [0.5, 0.6) is 0 Å². The van der Waals surface area contributed by atoms with Crippen molar-refractivity contribution in [3.05, 3.63) is 40.2 Å². The molecule has 0 saturated carbocycles. The van der Waals surface area contributed by atoms with Gasteiger partial charge in [-0.1, -0.05) is 24.3 Å². The quantitative estimate of drug-likeness (QED) is 0.536. The van der Waals surface area contributed by atoms with Crippen LogP contribution in [0.3, 0.4) is 0 Å². The second kappa shape index (κ2) is 6.85. The standard InChI is InChI=1S/C14H17N5OS/c15-12(20)7-13-19-11(8-21-13)10-3-1-9(2-4-10)5-6-18-14(16)17/h1-4,8H,5-7H2,(H2,15,20)(H4,16,17,18). The van der Waals surface area contributed by atoms with E-state index < -0.39 is 0 Å². The summed E-state index contributed by atoms with van der Waals surface area (Å²) in [4.78, 5) is 19.2. The molecule has 0 aliphatic carbocycles. The summed E-state index contributed by atoms with van der Waals surface area (Å²) in [5.41, 5.74) is 18.7. The van der Waals surface area contributed by atoms with E-state index in [0.29, 0.717) is 6.54 Å². The Kier molecular flexibility index (Phi) is 4.89. The van der Waals surface area contributed by atoms with Gasteiger partial charge in [0.15, 0.2) is 5.96 Å². The van der Waals surface area contributed by atoms with Crippen molar-refractivity contribution >= 4 is 23.2 Å². The largest absolute Gasteiger partial charge is 0.370 e. The molecule has 7 heteroatoms. The summed E-state index contributed by atoms with van der Waals surface area (Å²) < 4.78 is 0. The molecule has 0 saturated heterocycles. The molecule has 110 valence electrons. The minimum Gasteiger partial charge on any atom is -0.370 e. The third-order valence-corrected chi connectivity index (χ3v) is 3.67. The highest BCUT2D eigenvalue weighted by molar-refractivity contribution is 7.10. The van der Waals surface area contributed by atoms with E-state index in [9.17, 15) is 4.79 Å². The molecule has 21 heavy (non-hydrogen) atoms. The van der Waals surface area contributed by atoms with Gasteiger partial charge in [-0.3, -0.25) is 9.79 Å². The normalized spacial score (nSPS) is 10.3. The Bertz CT molecular complexity index is 644. The lowest BCUT2D eigenvalue weighted by molar-refractivity contribution is -0.117. The van der Waals surface area contributed by atoms with Crippen LogP contribution >= 0.6 is 11.3 Å². The maximum Gasteiger partial charge on any atom is 0.224 e. The van der Waals surface area contributed by atoms with Crippen molar-refractivity contribution in [1.82, 2.24) is 4.98 Å². The SMILES string of the molecule is NC(=O)Cc1nc(-c2ccc(CCN=C(N)N)cc2)cs1. The van der Waals surface area contributed by atoms with Gasteiger partial charge in [-0.05, 0) is 12.0 Å². The number of guanidine groups is 1. The first-order valence-corrected chi connectivity index (χ1v) is 7.30. The number of nitrogens with two attached hydrogens (primary N) is 3. The molecular weight excluding hydrogens is 286 g/mol. The maximum atomic E-state index is 10.9. The topological polar surface area (TPSA) is 120 Å². The van der Waals surface area contributed by atoms with Crippen LogP contribution in [0.1, 0.15) is 10.6 Å². The number of hydrogen-bond acceptors (Lipinski definition) is 4. The van der Waals surface area contributed by atoms with Crippen molar-refractivity contribution in [2.45, 2.75) is 12.8 Å². The fourth-order valence-corrected chi connectivity index (χ4v) is 2.64. The molecule has 2 aromatic rings. The lowest BCUT2D eigenvalue weighted by Gasteiger charge is -2.01. The molecule has 6 N–H and O–H groups in total. The molecule has 6 nitrogen and oxygen atoms in total. The number of amides is 1. The van der Waals surface area contributed by atoms with Gasteiger partial charge in [-0.25, -0.2) is 4.98 Å². The van der Waals surface area contributed by atoms with Crippen molar-refractivity contribution < 1.29 is 4.79 Å². The zero-order chi connectivity index (χ0) is 15.2. The van der Waals surface area contributed by atoms with E-state index in [2.05, 4.69) is 9.98 Å². The Morgan fingerprint density at radius 3 is 2.52 bits per heavy atom. The number of hydrogen-bond donors (Lipinski definition) is 3. The number of aromatic nitrogens is 1. The van der Waals surface area contributed by atoms with E-state index in [0.717, 1.165) is 28.2 Å². The summed E-state index contributed by atoms with van der Waals surface area (Å²) in [6, 6.07) is 8.03. The van der Waals surface area contributed by atoms with Gasteiger partial charge < -0.3 is 17.2 Å². The lowest BCUT2D eigenvalue weighted by Crippen LogP contribution is -2.23. The second-order valence-corrected chi connectivity index (χ2v) is 5.47. The summed E-state index contributed by atoms with van der Waals surface area (Å²) in [7, 11) is 0. The zero-order valence-corrected chi connectivity index (χ0v) is 12.3. The van der Waals surface area contributed by atoms with Crippen molar-refractivity contribution in [2.24, 2.45) is 22.2 Å². The summed E-state index contributed by atoms with van der Waals surface area (Å²) in [6.07, 6.45) is 0.962. The van der Waals surface area contributed by atoms with Gasteiger partial charge in [-0.15, -0.1) is 11.3 Å². The first kappa shape index (κ1) is 15.0. The van der Waals surface area contributed by atoms with Gasteiger partial charge in [0.25, 0.3) is 0 Å². The molecule has 1 heterocycles. The molecule has 0 spiro atoms. The summed E-state index contributed by atoms with van der Waals surface area (Å²) in [5.74, 6) is -0.262. The average Bonchev–Trinajstić information content (AvgIpc) is 2.87. The van der Waals surface area contributed by atoms with E-state index >= 15 is 0 Å². The molecule has 0 bridgehead atoms. The number of carbonyl (C=O) groups excluding carboxylic acids is 1. The molecule has 0 aliphatic heterocycles. The Morgan fingerprint density at radius 1 is 1.19 bits per heavy atom. The van der Waals surface area contributed by atoms with Gasteiger partial charge in [0.1, 0.15) is 5.01 Å². The van der Waals surface area contributed by atoms with Crippen LogP contribution in [0.25, 0.3) is 11.3 Å². The number of rotatable bonds is 6. The fraction of sp³-hybridized carbons (Fsp3) is 0.214. The number of nitrogens with zero attached hydrogens (tertiary/aromatic N) is 2. The highest BCUT2D eigenvalue weighted by atomic mass is 32.1. The molecular formula is C14H17N5OS. The predicted octanol–water partition coefficient (Wildman–Crippen LogP) is 0.654. The number of benzene rings is 1. The summed E-state index contributed by atoms with van der Waals surface area (Å²) in [6.45, 7) is 0.571. The van der Waals surface area contributed by atoms with Crippen LogP contribution in [-0.2, 0) is 17.6 Å². The molecule has 1 aromatic heterocycles. The number of primary amides is 1. The van der Waals surface area contributed by atoms with Crippen molar-refractivity contribution in [1.29, 1.82) is 0 Å². The van der Waals surface area contributed by atoms with Gasteiger partial charge in [0.2, 0.25) is 5.91 Å². The minimum atomic E-state index is -0.369. The Morgan fingerprint density at radius 2 is 1.90 bits per heavy atom. The van der Waals surface area contributed by atoms with Gasteiger partial charge in [0, 0.05) is 17.5 Å². The molecule has 1 amide bonds. The first-order chi connectivity index (χ1) is 10.0. The zero-order valence-electron chi connectivity index (χ0n) is 11.5. The highest BCUT2D eigenvalue weighted by Gasteiger charge is 2.06. The van der Waals surface area contributed by atoms with Crippen LogP contribution in [0.2, 0.25) is 0 Å². The number of aliphatic imine (C=N–C) groups is 1. The van der Waals surface area contributed by atoms with Crippen molar-refractivity contribution in [2.75, 3.05) is 6.54 Å². The predicted molar refractivity (Wildman–Crippen MR) is 84.8 cm³/mol. The van der Waals surface area contributed by atoms with Gasteiger partial charge >= 0.3 is 0 Å². The summed E-state index contributed by atoms with van der Waals surface area (Å²) in [5, 5.41) is 2.65. The van der Waals surface area contributed by atoms with Crippen LogP contribution in [0.4, 0.5) is 0 Å². The molecule has 0 radical (unpaired) electrons. The Labute approximate surface area is 126 Å². The van der Waals surface area contributed by atoms with E-state index in [1.54, 1.807) is 0 Å². The molecule has 2 rings (SSSR count). The average molecular weight is 303 g/mol. The van der Waals surface area contributed by atoms with Crippen LogP contribution in [-0.4, -0.2) is 23.4 Å². The van der Waals surface area contributed by atoms with Crippen LogP contribution in [0.15, 0.2) is 34.6 Å². The highest BCUT2D eigenvalue weighted by Crippen LogP contribution is 2.22. The van der Waals surface area contributed by atoms with E-state index in [4.69, 9.17) is 17.2 Å². The summed E-state index contributed by atoms with van der Waals surface area (Å²) >= 11 is 1.44. The first-order valence-electron chi connectivity index (χ1n) is 6.42. The number of thiazole rings is 1. The smallest absolute Gasteiger partial charge is 0.224 e. The van der Waals surface area contributed by atoms with Crippen LogP contribution < -0.4 is 17.2 Å². The Hall–Kier alpha value is -2.41. The second-order valence-electron chi connectivity index (χ2n) is 4.52. The molecule has 0 unspecified atom stereocenters. The van der Waals surface area contributed by atoms with Gasteiger partial charge in [-0.2, -0.15) is 0 Å². The lowest BCUT2D eigenvalue weighted by atomic mass is 10.1. The maximum absolute atomic E-state index is 10.9. The van der Waals surface area contributed by atoms with Crippen molar-refractivity contribution in [3.63, 3.8) is 0 Å². The number of carbonyl (C=O) groups is 1. The van der Waals surface area contributed by atoms with Crippen LogP contribution in [0, 0.1) is 0 Å². The van der Waals surface area contributed by atoms with Gasteiger partial charge in [0.05, 0.1) is 12.1 Å².